The number of amides is 1. The van der Waals surface area contributed by atoms with Gasteiger partial charge in [-0.2, -0.15) is 0 Å². The molecule has 0 unspecified atom stereocenters. The van der Waals surface area contributed by atoms with E-state index in [9.17, 15) is 9.59 Å². The molecule has 1 amide bonds. The Hall–Kier alpha value is -3.41. The summed E-state index contributed by atoms with van der Waals surface area (Å²) in [4.78, 5) is 29.8. The normalized spacial score (nSPS) is 10.6. The van der Waals surface area contributed by atoms with E-state index in [0.717, 1.165) is 28.4 Å². The molecule has 30 heavy (non-hydrogen) atoms. The molecule has 0 aliphatic heterocycles. The Kier molecular flexibility index (Phi) is 7.01. The molecule has 1 aromatic carbocycles. The van der Waals surface area contributed by atoms with Crippen LogP contribution < -0.4 is 15.5 Å². The Morgan fingerprint density at radius 2 is 1.93 bits per heavy atom. The van der Waals surface area contributed by atoms with Crippen LogP contribution in [0, 0.1) is 6.92 Å². The van der Waals surface area contributed by atoms with E-state index >= 15 is 0 Å². The second-order valence-electron chi connectivity index (χ2n) is 7.09. The number of aryl methyl sites for hydroxylation is 1. The summed E-state index contributed by atoms with van der Waals surface area (Å²) in [5.74, 6) is 0.454. The van der Waals surface area contributed by atoms with Crippen LogP contribution in [0.15, 0.2) is 59.5 Å². The number of nitrogens with one attached hydrogen (secondary N) is 1. The van der Waals surface area contributed by atoms with Crippen LogP contribution >= 0.6 is 0 Å². The molecule has 3 rings (SSSR count). The van der Waals surface area contributed by atoms with Gasteiger partial charge in [-0.25, -0.2) is 0 Å². The van der Waals surface area contributed by atoms with E-state index < -0.39 is 0 Å². The smallest absolute Gasteiger partial charge is 0.257 e. The zero-order valence-corrected chi connectivity index (χ0v) is 17.6. The molecule has 0 saturated heterocycles. The average Bonchev–Trinajstić information content (AvgIpc) is 2.76. The molecule has 1 N–H and O–H groups in total. The molecule has 0 spiro atoms. The SMILES string of the molecule is CCc1c(C(=O)NCCc2ccccn2)c(=O)cc(C)n1Cc1ccc(OC)cc1. The van der Waals surface area contributed by atoms with E-state index in [2.05, 4.69) is 10.3 Å². The molecule has 3 aromatic rings. The standard InChI is InChI=1S/C24H27N3O3/c1-4-21-23(24(29)26-14-12-19-7-5-6-13-25-19)22(28)15-17(2)27(21)16-18-8-10-20(30-3)11-9-18/h5-11,13,15H,4,12,14,16H2,1-3H3,(H,26,29). The quantitative estimate of drug-likeness (QED) is 0.625. The molecule has 156 valence electrons. The summed E-state index contributed by atoms with van der Waals surface area (Å²) in [5.41, 5.74) is 3.51. The minimum absolute atomic E-state index is 0.220. The molecule has 6 heteroatoms. The number of benzene rings is 1. The fourth-order valence-corrected chi connectivity index (χ4v) is 3.51. The lowest BCUT2D eigenvalue weighted by Crippen LogP contribution is -2.34. The minimum Gasteiger partial charge on any atom is -0.497 e. The Bertz CT molecular complexity index is 1060. The molecule has 0 atom stereocenters. The van der Waals surface area contributed by atoms with Crippen LogP contribution in [0.25, 0.3) is 0 Å². The lowest BCUT2D eigenvalue weighted by Gasteiger charge is -2.19. The number of ether oxygens (including phenoxy) is 1. The molecular weight excluding hydrogens is 378 g/mol. The lowest BCUT2D eigenvalue weighted by molar-refractivity contribution is 0.0951. The van der Waals surface area contributed by atoms with E-state index in [1.807, 2.05) is 60.9 Å². The Morgan fingerprint density at radius 3 is 2.57 bits per heavy atom. The van der Waals surface area contributed by atoms with Crippen molar-refractivity contribution in [2.24, 2.45) is 0 Å². The van der Waals surface area contributed by atoms with Crippen molar-refractivity contribution < 1.29 is 9.53 Å². The van der Waals surface area contributed by atoms with Crippen molar-refractivity contribution in [3.8, 4) is 5.75 Å². The van der Waals surface area contributed by atoms with Crippen molar-refractivity contribution >= 4 is 5.91 Å². The number of carbonyl (C=O) groups excluding carboxylic acids is 1. The van der Waals surface area contributed by atoms with Gasteiger partial charge in [-0.1, -0.05) is 25.1 Å². The van der Waals surface area contributed by atoms with Crippen LogP contribution in [0.2, 0.25) is 0 Å². The molecule has 6 nitrogen and oxygen atoms in total. The number of hydrogen-bond donors (Lipinski definition) is 1. The monoisotopic (exact) mass is 405 g/mol. The van der Waals surface area contributed by atoms with E-state index in [1.54, 1.807) is 13.3 Å². The van der Waals surface area contributed by atoms with Gasteiger partial charge in [-0.15, -0.1) is 0 Å². The largest absolute Gasteiger partial charge is 0.497 e. The number of pyridine rings is 2. The third-order valence-electron chi connectivity index (χ3n) is 5.08. The van der Waals surface area contributed by atoms with Gasteiger partial charge in [0.1, 0.15) is 11.3 Å². The zero-order chi connectivity index (χ0) is 21.5. The number of nitrogens with zero attached hydrogens (tertiary/aromatic N) is 2. The highest BCUT2D eigenvalue weighted by Gasteiger charge is 2.19. The van der Waals surface area contributed by atoms with Crippen molar-refractivity contribution in [1.82, 2.24) is 14.9 Å². The van der Waals surface area contributed by atoms with Gasteiger partial charge < -0.3 is 14.6 Å². The topological polar surface area (TPSA) is 73.2 Å². The Labute approximate surface area is 176 Å². The summed E-state index contributed by atoms with van der Waals surface area (Å²) >= 11 is 0. The van der Waals surface area contributed by atoms with Gasteiger partial charge in [0.15, 0.2) is 5.43 Å². The van der Waals surface area contributed by atoms with Gasteiger partial charge >= 0.3 is 0 Å². The zero-order valence-electron chi connectivity index (χ0n) is 17.6. The first-order valence-corrected chi connectivity index (χ1v) is 10.1. The lowest BCUT2D eigenvalue weighted by atomic mass is 10.1. The third kappa shape index (κ3) is 4.95. The van der Waals surface area contributed by atoms with E-state index in [4.69, 9.17) is 4.74 Å². The molecule has 0 radical (unpaired) electrons. The van der Waals surface area contributed by atoms with Gasteiger partial charge in [0.2, 0.25) is 0 Å². The van der Waals surface area contributed by atoms with Crippen LogP contribution in [-0.4, -0.2) is 29.1 Å². The third-order valence-corrected chi connectivity index (χ3v) is 5.08. The molecule has 0 bridgehead atoms. The van der Waals surface area contributed by atoms with Gasteiger partial charge in [-0.3, -0.25) is 14.6 Å². The molecule has 0 aliphatic rings. The predicted molar refractivity (Wildman–Crippen MR) is 117 cm³/mol. The highest BCUT2D eigenvalue weighted by atomic mass is 16.5. The highest BCUT2D eigenvalue weighted by molar-refractivity contribution is 5.95. The summed E-state index contributed by atoms with van der Waals surface area (Å²) in [7, 11) is 1.63. The molecule has 0 fully saturated rings. The van der Waals surface area contributed by atoms with E-state index in [0.29, 0.717) is 25.9 Å². The fraction of sp³-hybridized carbons (Fsp3) is 0.292. The Morgan fingerprint density at radius 1 is 1.17 bits per heavy atom. The number of methoxy groups -OCH3 is 1. The van der Waals surface area contributed by atoms with E-state index in [-0.39, 0.29) is 16.9 Å². The van der Waals surface area contributed by atoms with Crippen LogP contribution in [-0.2, 0) is 19.4 Å². The van der Waals surface area contributed by atoms with Crippen molar-refractivity contribution in [2.45, 2.75) is 33.2 Å². The van der Waals surface area contributed by atoms with Gasteiger partial charge in [0.05, 0.1) is 7.11 Å². The maximum Gasteiger partial charge on any atom is 0.257 e. The number of aromatic nitrogens is 2. The van der Waals surface area contributed by atoms with Crippen LogP contribution in [0.3, 0.4) is 0 Å². The maximum absolute atomic E-state index is 12.9. The minimum atomic E-state index is -0.337. The molecule has 0 aliphatic carbocycles. The second-order valence-corrected chi connectivity index (χ2v) is 7.09. The van der Waals surface area contributed by atoms with Gasteiger partial charge in [0, 0.05) is 48.9 Å². The fourth-order valence-electron chi connectivity index (χ4n) is 3.51. The number of hydrogen-bond acceptors (Lipinski definition) is 4. The van der Waals surface area contributed by atoms with Crippen LogP contribution in [0.5, 0.6) is 5.75 Å². The highest BCUT2D eigenvalue weighted by Crippen LogP contribution is 2.16. The van der Waals surface area contributed by atoms with Crippen molar-refractivity contribution in [1.29, 1.82) is 0 Å². The summed E-state index contributed by atoms with van der Waals surface area (Å²) in [5, 5.41) is 2.88. The predicted octanol–water partition coefficient (Wildman–Crippen LogP) is 3.14. The summed E-state index contributed by atoms with van der Waals surface area (Å²) < 4.78 is 7.26. The first kappa shape index (κ1) is 21.3. The van der Waals surface area contributed by atoms with Crippen LogP contribution in [0.4, 0.5) is 0 Å². The molecule has 2 aromatic heterocycles. The summed E-state index contributed by atoms with van der Waals surface area (Å²) in [6.45, 7) is 4.86. The van der Waals surface area contributed by atoms with Gasteiger partial charge in [0.25, 0.3) is 5.91 Å². The van der Waals surface area contributed by atoms with Gasteiger partial charge in [-0.05, 0) is 43.2 Å². The van der Waals surface area contributed by atoms with Crippen LogP contribution in [0.1, 0.15) is 39.9 Å². The van der Waals surface area contributed by atoms with Crippen molar-refractivity contribution in [3.63, 3.8) is 0 Å². The van der Waals surface area contributed by atoms with Crippen molar-refractivity contribution in [3.05, 3.63) is 93.2 Å². The molecule has 2 heterocycles. The van der Waals surface area contributed by atoms with Crippen molar-refractivity contribution in [2.75, 3.05) is 13.7 Å². The molecule has 0 saturated carbocycles. The number of carbonyl (C=O) groups is 1. The summed E-state index contributed by atoms with van der Waals surface area (Å²) in [6.07, 6.45) is 2.92. The number of rotatable bonds is 8. The average molecular weight is 405 g/mol. The molecular formula is C24H27N3O3. The van der Waals surface area contributed by atoms with E-state index in [1.165, 1.54) is 6.07 Å². The second kappa shape index (κ2) is 9.87. The first-order chi connectivity index (χ1) is 14.5. The maximum atomic E-state index is 12.9. The summed E-state index contributed by atoms with van der Waals surface area (Å²) in [6, 6.07) is 15.0. The Balaban J connectivity index is 1.83. The first-order valence-electron chi connectivity index (χ1n) is 10.1.